The molecule has 3 N–H and O–H groups in total. The van der Waals surface area contributed by atoms with Crippen LogP contribution in [-0.2, 0) is 20.9 Å². The van der Waals surface area contributed by atoms with Gasteiger partial charge in [0.2, 0.25) is 11.8 Å². The van der Waals surface area contributed by atoms with Crippen molar-refractivity contribution in [1.29, 1.82) is 0 Å². The molecule has 0 radical (unpaired) electrons. The number of aromatic nitrogens is 1. The van der Waals surface area contributed by atoms with Crippen molar-refractivity contribution in [3.63, 3.8) is 0 Å². The maximum atomic E-state index is 12.4. The number of hydrogen-bond acceptors (Lipinski definition) is 4. The smallest absolute Gasteiger partial charge is 0.242 e. The second kappa shape index (κ2) is 8.33. The number of fused-ring (bicyclic) bond motifs is 1. The Kier molecular flexibility index (Phi) is 5.90. The molecule has 1 saturated heterocycles. The fourth-order valence-electron chi connectivity index (χ4n) is 3.15. The number of morpholine rings is 1. The van der Waals surface area contributed by atoms with E-state index in [1.807, 2.05) is 46.9 Å². The van der Waals surface area contributed by atoms with Crippen molar-refractivity contribution in [2.45, 2.75) is 32.4 Å². The van der Waals surface area contributed by atoms with E-state index in [9.17, 15) is 9.59 Å². The zero-order valence-electron chi connectivity index (χ0n) is 15.1. The zero-order chi connectivity index (χ0) is 18.5. The number of anilines is 1. The highest BCUT2D eigenvalue weighted by atomic mass is 16.5. The van der Waals surface area contributed by atoms with Crippen LogP contribution in [0, 0.1) is 0 Å². The molecule has 1 fully saturated rings. The Labute approximate surface area is 153 Å². The Hall–Kier alpha value is -2.38. The van der Waals surface area contributed by atoms with Crippen molar-refractivity contribution in [1.82, 2.24) is 9.47 Å². The number of ether oxygens (including phenoxy) is 1. The normalized spacial score (nSPS) is 15.8. The molecule has 3 rings (SSSR count). The molecule has 2 aromatic rings. The van der Waals surface area contributed by atoms with Crippen molar-refractivity contribution in [3.8, 4) is 0 Å². The van der Waals surface area contributed by atoms with E-state index in [0.717, 1.165) is 17.3 Å². The van der Waals surface area contributed by atoms with Crippen LogP contribution < -0.4 is 11.1 Å². The van der Waals surface area contributed by atoms with E-state index < -0.39 is 6.04 Å². The van der Waals surface area contributed by atoms with E-state index >= 15 is 0 Å². The number of nitrogens with two attached hydrogens (primary N) is 1. The third-order valence-corrected chi connectivity index (χ3v) is 4.64. The van der Waals surface area contributed by atoms with E-state index in [4.69, 9.17) is 10.5 Å². The summed E-state index contributed by atoms with van der Waals surface area (Å²) in [6, 6.07) is 7.12. The minimum Gasteiger partial charge on any atom is -0.378 e. The molecule has 0 saturated carbocycles. The maximum absolute atomic E-state index is 12.4. The van der Waals surface area contributed by atoms with Gasteiger partial charge in [-0.3, -0.25) is 9.59 Å². The number of rotatable bonds is 6. The van der Waals surface area contributed by atoms with Crippen LogP contribution in [0.4, 0.5) is 5.69 Å². The first-order valence-electron chi connectivity index (χ1n) is 9.09. The predicted octanol–water partition coefficient (Wildman–Crippen LogP) is 1.57. The molecule has 0 aliphatic carbocycles. The fourth-order valence-corrected chi connectivity index (χ4v) is 3.15. The van der Waals surface area contributed by atoms with E-state index in [1.165, 1.54) is 0 Å². The zero-order valence-corrected chi connectivity index (χ0v) is 15.1. The van der Waals surface area contributed by atoms with Crippen LogP contribution in [0.1, 0.15) is 19.8 Å². The van der Waals surface area contributed by atoms with Gasteiger partial charge in [-0.05, 0) is 30.7 Å². The molecule has 1 aliphatic rings. The first-order chi connectivity index (χ1) is 12.6. The Morgan fingerprint density at radius 1 is 1.27 bits per heavy atom. The standard InChI is InChI=1S/C19H26N4O3/c1-2-3-16(20)19(25)21-15-4-5-17-14(12-15)6-7-23(17)13-18(24)22-8-10-26-11-9-22/h4-7,12,16H,2-3,8-11,13,20H2,1H3,(H,21,25). The van der Waals surface area contributed by atoms with Gasteiger partial charge in [-0.2, -0.15) is 0 Å². The summed E-state index contributed by atoms with van der Waals surface area (Å²) >= 11 is 0. The SMILES string of the molecule is CCCC(N)C(=O)Nc1ccc2c(ccn2CC(=O)N2CCOCC2)c1. The van der Waals surface area contributed by atoms with Gasteiger partial charge in [-0.1, -0.05) is 13.3 Å². The van der Waals surface area contributed by atoms with Crippen LogP contribution >= 0.6 is 0 Å². The number of amides is 2. The quantitative estimate of drug-likeness (QED) is 0.820. The lowest BCUT2D eigenvalue weighted by Crippen LogP contribution is -2.42. The summed E-state index contributed by atoms with van der Waals surface area (Å²) in [6.45, 7) is 4.79. The van der Waals surface area contributed by atoms with E-state index in [1.54, 1.807) is 0 Å². The topological polar surface area (TPSA) is 89.6 Å². The number of nitrogens with one attached hydrogen (secondary N) is 1. The Morgan fingerprint density at radius 3 is 2.77 bits per heavy atom. The minimum atomic E-state index is -0.494. The summed E-state index contributed by atoms with van der Waals surface area (Å²) in [5.41, 5.74) is 7.53. The van der Waals surface area contributed by atoms with Crippen LogP contribution in [0.3, 0.4) is 0 Å². The van der Waals surface area contributed by atoms with E-state index in [-0.39, 0.29) is 11.8 Å². The molecule has 0 spiro atoms. The van der Waals surface area contributed by atoms with Crippen LogP contribution in [0.25, 0.3) is 10.9 Å². The molecule has 1 atom stereocenters. The van der Waals surface area contributed by atoms with Crippen LogP contribution in [-0.4, -0.2) is 53.6 Å². The number of benzene rings is 1. The van der Waals surface area contributed by atoms with Gasteiger partial charge >= 0.3 is 0 Å². The van der Waals surface area contributed by atoms with Crippen LogP contribution in [0.5, 0.6) is 0 Å². The van der Waals surface area contributed by atoms with Gasteiger partial charge in [-0.25, -0.2) is 0 Å². The predicted molar refractivity (Wildman–Crippen MR) is 101 cm³/mol. The number of nitrogens with zero attached hydrogens (tertiary/aromatic N) is 2. The van der Waals surface area contributed by atoms with Crippen molar-refractivity contribution in [3.05, 3.63) is 30.5 Å². The van der Waals surface area contributed by atoms with Gasteiger partial charge in [0, 0.05) is 35.9 Å². The largest absolute Gasteiger partial charge is 0.378 e. The van der Waals surface area contributed by atoms with Gasteiger partial charge < -0.3 is 25.3 Å². The van der Waals surface area contributed by atoms with E-state index in [0.29, 0.717) is 45.0 Å². The molecule has 7 heteroatoms. The van der Waals surface area contributed by atoms with Gasteiger partial charge in [0.25, 0.3) is 0 Å². The molecular weight excluding hydrogens is 332 g/mol. The van der Waals surface area contributed by atoms with Gasteiger partial charge in [-0.15, -0.1) is 0 Å². The summed E-state index contributed by atoms with van der Waals surface area (Å²) in [5, 5.41) is 3.83. The first kappa shape index (κ1) is 18.4. The molecule has 1 unspecified atom stereocenters. The molecule has 2 heterocycles. The average Bonchev–Trinajstić information content (AvgIpc) is 3.04. The van der Waals surface area contributed by atoms with Crippen LogP contribution in [0.15, 0.2) is 30.5 Å². The Balaban J connectivity index is 1.68. The van der Waals surface area contributed by atoms with Crippen molar-refractivity contribution >= 4 is 28.4 Å². The van der Waals surface area contributed by atoms with Gasteiger partial charge in [0.15, 0.2) is 0 Å². The van der Waals surface area contributed by atoms with E-state index in [2.05, 4.69) is 5.32 Å². The second-order valence-corrected chi connectivity index (χ2v) is 6.59. The molecular formula is C19H26N4O3. The summed E-state index contributed by atoms with van der Waals surface area (Å²) in [5.74, 6) is -0.0816. The van der Waals surface area contributed by atoms with Crippen molar-refractivity contribution < 1.29 is 14.3 Å². The van der Waals surface area contributed by atoms with Crippen molar-refractivity contribution in [2.75, 3.05) is 31.6 Å². The summed E-state index contributed by atoms with van der Waals surface area (Å²) in [7, 11) is 0. The highest BCUT2D eigenvalue weighted by Crippen LogP contribution is 2.21. The Bertz CT molecular complexity index is 780. The number of carbonyl (C=O) groups excluding carboxylic acids is 2. The second-order valence-electron chi connectivity index (χ2n) is 6.59. The lowest BCUT2D eigenvalue weighted by molar-refractivity contribution is -0.135. The molecule has 140 valence electrons. The van der Waals surface area contributed by atoms with Crippen molar-refractivity contribution in [2.24, 2.45) is 5.73 Å². The highest BCUT2D eigenvalue weighted by molar-refractivity contribution is 5.97. The molecule has 1 aromatic heterocycles. The lowest BCUT2D eigenvalue weighted by Gasteiger charge is -2.27. The third-order valence-electron chi connectivity index (χ3n) is 4.64. The van der Waals surface area contributed by atoms with Gasteiger partial charge in [0.1, 0.15) is 6.54 Å². The third kappa shape index (κ3) is 4.23. The summed E-state index contributed by atoms with van der Waals surface area (Å²) in [4.78, 5) is 26.3. The van der Waals surface area contributed by atoms with Crippen LogP contribution in [0.2, 0.25) is 0 Å². The lowest BCUT2D eigenvalue weighted by atomic mass is 10.1. The first-order valence-corrected chi connectivity index (χ1v) is 9.09. The molecule has 2 amide bonds. The Morgan fingerprint density at radius 2 is 2.04 bits per heavy atom. The summed E-state index contributed by atoms with van der Waals surface area (Å²) < 4.78 is 7.22. The molecule has 7 nitrogen and oxygen atoms in total. The number of carbonyl (C=O) groups is 2. The highest BCUT2D eigenvalue weighted by Gasteiger charge is 2.18. The molecule has 0 bridgehead atoms. The number of hydrogen-bond donors (Lipinski definition) is 2. The maximum Gasteiger partial charge on any atom is 0.242 e. The molecule has 1 aliphatic heterocycles. The summed E-state index contributed by atoms with van der Waals surface area (Å²) in [6.07, 6.45) is 3.43. The molecule has 26 heavy (non-hydrogen) atoms. The van der Waals surface area contributed by atoms with Gasteiger partial charge in [0.05, 0.1) is 19.3 Å². The average molecular weight is 358 g/mol. The minimum absolute atomic E-state index is 0.0914. The monoisotopic (exact) mass is 358 g/mol. The molecule has 1 aromatic carbocycles. The fraction of sp³-hybridized carbons (Fsp3) is 0.474.